The number of nitrogens with one attached hydrogen (secondary N) is 2. The number of hydrogen-bond donors (Lipinski definition) is 3. The molecule has 0 aromatic heterocycles. The number of urea groups is 1. The van der Waals surface area contributed by atoms with Gasteiger partial charge in [-0.05, 0) is 6.42 Å². The average molecular weight is 174 g/mol. The Kier molecular flexibility index (Phi) is 2.38. The largest absolute Gasteiger partial charge is 0.326 e. The molecule has 1 rings (SSSR count). The number of carbonyl (C=O) groups excluding carboxylic acids is 2. The van der Waals surface area contributed by atoms with Crippen molar-refractivity contribution in [2.75, 3.05) is 0 Å². The molecule has 2 N–H and O–H groups in total. The molecule has 1 aliphatic rings. The number of amides is 3. The van der Waals surface area contributed by atoms with Gasteiger partial charge in [-0.25, -0.2) is 4.79 Å². The Morgan fingerprint density at radius 2 is 2.27 bits per heavy atom. The van der Waals surface area contributed by atoms with Crippen molar-refractivity contribution >= 4 is 24.6 Å². The van der Waals surface area contributed by atoms with Crippen LogP contribution in [-0.2, 0) is 4.79 Å². The molecule has 2 unspecified atom stereocenters. The molecule has 0 aromatic carbocycles. The quantitative estimate of drug-likeness (QED) is 0.404. The predicted octanol–water partition coefficient (Wildman–Crippen LogP) is -0.0972. The topological polar surface area (TPSA) is 58.2 Å². The lowest BCUT2D eigenvalue weighted by atomic mass is 10.2. The molecule has 2 atom stereocenters. The molecule has 3 amide bonds. The molecule has 1 aliphatic heterocycles. The summed E-state index contributed by atoms with van der Waals surface area (Å²) < 4.78 is 0. The molecule has 0 saturated carbocycles. The van der Waals surface area contributed by atoms with E-state index in [4.69, 9.17) is 0 Å². The standard InChI is InChI=1S/C6H10N2O2S/c1-3(11)2-4-5(9)8-6(10)7-4/h3-4,11H,2H2,1H3,(H2,7,8,9,10). The molecule has 1 heterocycles. The first kappa shape index (κ1) is 8.39. The Labute approximate surface area is 70.1 Å². The minimum Gasteiger partial charge on any atom is -0.326 e. The minimum atomic E-state index is -0.408. The van der Waals surface area contributed by atoms with E-state index in [0.717, 1.165) is 0 Å². The second-order valence-corrected chi connectivity index (χ2v) is 3.48. The van der Waals surface area contributed by atoms with Crippen LogP contribution in [0.1, 0.15) is 13.3 Å². The van der Waals surface area contributed by atoms with Gasteiger partial charge in [0.2, 0.25) is 0 Å². The number of imide groups is 1. The van der Waals surface area contributed by atoms with Gasteiger partial charge in [0.15, 0.2) is 0 Å². The minimum absolute atomic E-state index is 0.115. The van der Waals surface area contributed by atoms with E-state index < -0.39 is 12.1 Å². The van der Waals surface area contributed by atoms with E-state index in [1.165, 1.54) is 0 Å². The van der Waals surface area contributed by atoms with E-state index in [1.807, 2.05) is 6.92 Å². The van der Waals surface area contributed by atoms with Crippen molar-refractivity contribution in [1.29, 1.82) is 0 Å². The van der Waals surface area contributed by atoms with Gasteiger partial charge in [0.25, 0.3) is 5.91 Å². The van der Waals surface area contributed by atoms with E-state index in [1.54, 1.807) is 0 Å². The van der Waals surface area contributed by atoms with E-state index in [9.17, 15) is 9.59 Å². The summed E-state index contributed by atoms with van der Waals surface area (Å²) in [5.41, 5.74) is 0. The summed E-state index contributed by atoms with van der Waals surface area (Å²) in [5.74, 6) is -0.254. The van der Waals surface area contributed by atoms with Crippen LogP contribution in [0.5, 0.6) is 0 Å². The summed E-state index contributed by atoms with van der Waals surface area (Å²) in [6, 6.07) is -0.802. The van der Waals surface area contributed by atoms with Crippen LogP contribution in [0.3, 0.4) is 0 Å². The van der Waals surface area contributed by atoms with E-state index in [2.05, 4.69) is 23.3 Å². The first-order chi connectivity index (χ1) is 5.09. The average Bonchev–Trinajstić information content (AvgIpc) is 2.09. The van der Waals surface area contributed by atoms with Gasteiger partial charge >= 0.3 is 6.03 Å². The van der Waals surface area contributed by atoms with Crippen molar-refractivity contribution in [2.24, 2.45) is 0 Å². The van der Waals surface area contributed by atoms with Crippen molar-refractivity contribution in [3.8, 4) is 0 Å². The fourth-order valence-electron chi connectivity index (χ4n) is 0.966. The summed E-state index contributed by atoms with van der Waals surface area (Å²) >= 11 is 4.11. The third-order valence-corrected chi connectivity index (χ3v) is 1.65. The Balaban J connectivity index is 2.47. The molecule has 0 spiro atoms. The summed E-state index contributed by atoms with van der Waals surface area (Å²) in [4.78, 5) is 21.5. The SMILES string of the molecule is CC(S)CC1NC(=O)NC1=O. The summed E-state index contributed by atoms with van der Waals surface area (Å²) in [7, 11) is 0. The highest BCUT2D eigenvalue weighted by molar-refractivity contribution is 7.80. The van der Waals surface area contributed by atoms with Gasteiger partial charge in [0.1, 0.15) is 6.04 Å². The second-order valence-electron chi connectivity index (χ2n) is 2.60. The lowest BCUT2D eigenvalue weighted by molar-refractivity contribution is -0.120. The summed E-state index contributed by atoms with van der Waals surface area (Å²) in [5, 5.41) is 4.75. The fourth-order valence-corrected chi connectivity index (χ4v) is 1.18. The van der Waals surface area contributed by atoms with Crippen LogP contribution < -0.4 is 10.6 Å². The molecular formula is C6H10N2O2S. The molecule has 0 bridgehead atoms. The maximum Gasteiger partial charge on any atom is 0.322 e. The monoisotopic (exact) mass is 174 g/mol. The van der Waals surface area contributed by atoms with Crippen LogP contribution in [-0.4, -0.2) is 23.2 Å². The number of carbonyl (C=O) groups is 2. The molecule has 0 aromatic rings. The zero-order chi connectivity index (χ0) is 8.43. The predicted molar refractivity (Wildman–Crippen MR) is 43.5 cm³/mol. The third kappa shape index (κ3) is 2.11. The van der Waals surface area contributed by atoms with Crippen LogP contribution >= 0.6 is 12.6 Å². The Hall–Kier alpha value is -0.710. The second kappa shape index (κ2) is 3.13. The molecular weight excluding hydrogens is 164 g/mol. The molecule has 4 nitrogen and oxygen atoms in total. The third-order valence-electron chi connectivity index (χ3n) is 1.44. The van der Waals surface area contributed by atoms with Crippen molar-refractivity contribution in [3.63, 3.8) is 0 Å². The molecule has 0 radical (unpaired) electrons. The Morgan fingerprint density at radius 3 is 2.64 bits per heavy atom. The fraction of sp³-hybridized carbons (Fsp3) is 0.667. The zero-order valence-electron chi connectivity index (χ0n) is 6.13. The molecule has 11 heavy (non-hydrogen) atoms. The van der Waals surface area contributed by atoms with E-state index >= 15 is 0 Å². The highest BCUT2D eigenvalue weighted by Crippen LogP contribution is 2.06. The lowest BCUT2D eigenvalue weighted by Gasteiger charge is -2.07. The highest BCUT2D eigenvalue weighted by atomic mass is 32.1. The number of thiol groups is 1. The smallest absolute Gasteiger partial charge is 0.322 e. The van der Waals surface area contributed by atoms with Crippen molar-refractivity contribution < 1.29 is 9.59 Å². The lowest BCUT2D eigenvalue weighted by Crippen LogP contribution is -2.30. The Morgan fingerprint density at radius 1 is 1.64 bits per heavy atom. The van der Waals surface area contributed by atoms with Crippen LogP contribution in [0.25, 0.3) is 0 Å². The molecule has 0 aliphatic carbocycles. The van der Waals surface area contributed by atoms with Gasteiger partial charge < -0.3 is 5.32 Å². The zero-order valence-corrected chi connectivity index (χ0v) is 7.02. The van der Waals surface area contributed by atoms with Crippen molar-refractivity contribution in [2.45, 2.75) is 24.6 Å². The Bertz CT molecular complexity index is 193. The summed E-state index contributed by atoms with van der Waals surface area (Å²) in [6.45, 7) is 1.88. The highest BCUT2D eigenvalue weighted by Gasteiger charge is 2.29. The van der Waals surface area contributed by atoms with E-state index in [-0.39, 0.29) is 11.2 Å². The van der Waals surface area contributed by atoms with Crippen LogP contribution in [0.2, 0.25) is 0 Å². The maximum absolute atomic E-state index is 10.9. The number of hydrogen-bond acceptors (Lipinski definition) is 3. The van der Waals surface area contributed by atoms with Crippen LogP contribution in [0.15, 0.2) is 0 Å². The molecule has 1 saturated heterocycles. The molecule has 62 valence electrons. The van der Waals surface area contributed by atoms with Crippen molar-refractivity contribution in [3.05, 3.63) is 0 Å². The normalized spacial score (nSPS) is 26.2. The van der Waals surface area contributed by atoms with Gasteiger partial charge in [0.05, 0.1) is 0 Å². The summed E-state index contributed by atoms with van der Waals surface area (Å²) in [6.07, 6.45) is 0.570. The first-order valence-corrected chi connectivity index (χ1v) is 3.90. The van der Waals surface area contributed by atoms with Crippen molar-refractivity contribution in [1.82, 2.24) is 10.6 Å². The van der Waals surface area contributed by atoms with Crippen LogP contribution in [0, 0.1) is 0 Å². The van der Waals surface area contributed by atoms with Gasteiger partial charge in [-0.2, -0.15) is 12.6 Å². The van der Waals surface area contributed by atoms with Crippen LogP contribution in [0.4, 0.5) is 4.79 Å². The maximum atomic E-state index is 10.9. The van der Waals surface area contributed by atoms with Gasteiger partial charge in [-0.3, -0.25) is 10.1 Å². The van der Waals surface area contributed by atoms with E-state index in [0.29, 0.717) is 6.42 Å². The molecule has 1 fully saturated rings. The van der Waals surface area contributed by atoms with Gasteiger partial charge in [-0.15, -0.1) is 0 Å². The first-order valence-electron chi connectivity index (χ1n) is 3.39. The number of rotatable bonds is 2. The van der Waals surface area contributed by atoms with Gasteiger partial charge in [0, 0.05) is 5.25 Å². The molecule has 5 heteroatoms. The van der Waals surface area contributed by atoms with Gasteiger partial charge in [-0.1, -0.05) is 6.92 Å².